The maximum absolute atomic E-state index is 3.99. The fourth-order valence-electron chi connectivity index (χ4n) is 4.44. The zero-order chi connectivity index (χ0) is 14.6. The monoisotopic (exact) mass is 279 g/mol. The first-order valence-corrected chi connectivity index (χ1v) is 9.23. The highest BCUT2D eigenvalue weighted by atomic mass is 15.0. The second-order valence-corrected chi connectivity index (χ2v) is 8.62. The molecule has 0 aromatic carbocycles. The van der Waals surface area contributed by atoms with Gasteiger partial charge in [-0.3, -0.25) is 0 Å². The summed E-state index contributed by atoms with van der Waals surface area (Å²) in [6.45, 7) is 9.70. The van der Waals surface area contributed by atoms with Gasteiger partial charge < -0.3 is 5.32 Å². The Bertz CT molecular complexity index is 262. The third-order valence-corrected chi connectivity index (χ3v) is 6.06. The van der Waals surface area contributed by atoms with Crippen molar-refractivity contribution in [2.24, 2.45) is 17.3 Å². The van der Waals surface area contributed by atoms with Crippen molar-refractivity contribution in [3.8, 4) is 0 Å². The summed E-state index contributed by atoms with van der Waals surface area (Å²) in [5.41, 5.74) is 0.512. The van der Waals surface area contributed by atoms with Gasteiger partial charge in [-0.25, -0.2) is 0 Å². The Hall–Kier alpha value is -0.0400. The van der Waals surface area contributed by atoms with E-state index in [0.717, 1.165) is 23.9 Å². The fourth-order valence-corrected chi connectivity index (χ4v) is 4.44. The third-order valence-electron chi connectivity index (χ3n) is 6.06. The maximum Gasteiger partial charge on any atom is 0.00698 e. The zero-order valence-electron chi connectivity index (χ0n) is 14.4. The molecule has 0 aliphatic heterocycles. The summed E-state index contributed by atoms with van der Waals surface area (Å²) in [6.07, 6.45) is 14.5. The predicted molar refractivity (Wildman–Crippen MR) is 89.0 cm³/mol. The molecule has 0 aromatic heterocycles. The van der Waals surface area contributed by atoms with Gasteiger partial charge in [-0.05, 0) is 62.7 Å². The minimum atomic E-state index is 0.512. The highest BCUT2D eigenvalue weighted by Gasteiger charge is 2.30. The Morgan fingerprint density at radius 1 is 0.800 bits per heavy atom. The molecule has 0 spiro atoms. The molecular formula is C19H37N. The third kappa shape index (κ3) is 4.76. The molecule has 1 heteroatoms. The van der Waals surface area contributed by atoms with Gasteiger partial charge in [0.2, 0.25) is 0 Å². The molecule has 0 bridgehead atoms. The fraction of sp³-hybridized carbons (Fsp3) is 1.00. The van der Waals surface area contributed by atoms with Gasteiger partial charge in [0.1, 0.15) is 0 Å². The smallest absolute Gasteiger partial charge is 0.00698 e. The predicted octanol–water partition coefficient (Wildman–Crippen LogP) is 5.54. The summed E-state index contributed by atoms with van der Waals surface area (Å²) >= 11 is 0. The lowest BCUT2D eigenvalue weighted by atomic mass is 9.71. The quantitative estimate of drug-likeness (QED) is 0.669. The van der Waals surface area contributed by atoms with E-state index < -0.39 is 0 Å². The molecule has 1 atom stereocenters. The molecule has 20 heavy (non-hydrogen) atoms. The Morgan fingerprint density at radius 2 is 1.35 bits per heavy atom. The van der Waals surface area contributed by atoms with Crippen molar-refractivity contribution in [2.75, 3.05) is 0 Å². The Balaban J connectivity index is 1.74. The van der Waals surface area contributed by atoms with Gasteiger partial charge in [-0.15, -0.1) is 0 Å². The van der Waals surface area contributed by atoms with Gasteiger partial charge in [0.25, 0.3) is 0 Å². The summed E-state index contributed by atoms with van der Waals surface area (Å²) in [5, 5.41) is 3.99. The van der Waals surface area contributed by atoms with Gasteiger partial charge in [0.05, 0.1) is 0 Å². The average molecular weight is 280 g/mol. The highest BCUT2D eigenvalue weighted by molar-refractivity contribution is 4.86. The standard InChI is InChI=1S/C19H37N/c1-15(16-9-7-5-6-8-10-16)20-18-13-11-17(12-14-18)19(2,3)4/h15-18,20H,5-14H2,1-4H3/t15-,17?,18?/m1/s1. The van der Waals surface area contributed by atoms with Crippen molar-refractivity contribution in [1.82, 2.24) is 5.32 Å². The molecule has 1 nitrogen and oxygen atoms in total. The lowest BCUT2D eigenvalue weighted by molar-refractivity contribution is 0.151. The van der Waals surface area contributed by atoms with Crippen molar-refractivity contribution in [1.29, 1.82) is 0 Å². The van der Waals surface area contributed by atoms with Crippen LogP contribution in [0.1, 0.15) is 91.9 Å². The molecule has 2 rings (SSSR count). The average Bonchev–Trinajstić information content (AvgIpc) is 2.67. The molecule has 2 saturated carbocycles. The van der Waals surface area contributed by atoms with Crippen LogP contribution in [-0.4, -0.2) is 12.1 Å². The van der Waals surface area contributed by atoms with Crippen LogP contribution in [0.25, 0.3) is 0 Å². The SMILES string of the molecule is C[C@@H](NC1CCC(C(C)(C)C)CC1)C1CCCCCC1. The van der Waals surface area contributed by atoms with E-state index in [0.29, 0.717) is 5.41 Å². The van der Waals surface area contributed by atoms with E-state index in [1.807, 2.05) is 0 Å². The number of hydrogen-bond acceptors (Lipinski definition) is 1. The van der Waals surface area contributed by atoms with Gasteiger partial charge >= 0.3 is 0 Å². The molecule has 0 heterocycles. The first-order valence-electron chi connectivity index (χ1n) is 9.23. The highest BCUT2D eigenvalue weighted by Crippen LogP contribution is 2.38. The van der Waals surface area contributed by atoms with Crippen LogP contribution in [0.15, 0.2) is 0 Å². The Labute approximate surface area is 127 Å². The first-order chi connectivity index (χ1) is 9.47. The van der Waals surface area contributed by atoms with Gasteiger partial charge in [-0.1, -0.05) is 46.5 Å². The van der Waals surface area contributed by atoms with Crippen LogP contribution in [0.4, 0.5) is 0 Å². The van der Waals surface area contributed by atoms with Crippen molar-refractivity contribution in [2.45, 2.75) is 104 Å². The topological polar surface area (TPSA) is 12.0 Å². The molecule has 0 unspecified atom stereocenters. The maximum atomic E-state index is 3.99. The van der Waals surface area contributed by atoms with Crippen LogP contribution in [0.3, 0.4) is 0 Å². The molecule has 0 amide bonds. The van der Waals surface area contributed by atoms with Crippen LogP contribution in [0, 0.1) is 17.3 Å². The lowest BCUT2D eigenvalue weighted by Crippen LogP contribution is -2.43. The summed E-state index contributed by atoms with van der Waals surface area (Å²) in [7, 11) is 0. The van der Waals surface area contributed by atoms with E-state index in [4.69, 9.17) is 0 Å². The van der Waals surface area contributed by atoms with Crippen molar-refractivity contribution in [3.63, 3.8) is 0 Å². The van der Waals surface area contributed by atoms with Crippen LogP contribution in [0.5, 0.6) is 0 Å². The van der Waals surface area contributed by atoms with Crippen LogP contribution in [-0.2, 0) is 0 Å². The van der Waals surface area contributed by atoms with Gasteiger partial charge in [0.15, 0.2) is 0 Å². The molecule has 2 aliphatic rings. The first kappa shape index (κ1) is 16.3. The Kier molecular flexibility index (Phi) is 5.95. The zero-order valence-corrected chi connectivity index (χ0v) is 14.4. The number of hydrogen-bond donors (Lipinski definition) is 1. The van der Waals surface area contributed by atoms with Crippen LogP contribution in [0.2, 0.25) is 0 Å². The van der Waals surface area contributed by atoms with E-state index in [1.54, 1.807) is 0 Å². The van der Waals surface area contributed by atoms with Gasteiger partial charge in [0, 0.05) is 12.1 Å². The second kappa shape index (κ2) is 7.29. The van der Waals surface area contributed by atoms with E-state index in [-0.39, 0.29) is 0 Å². The van der Waals surface area contributed by atoms with E-state index in [9.17, 15) is 0 Å². The minimum Gasteiger partial charge on any atom is -0.311 e. The van der Waals surface area contributed by atoms with Crippen molar-refractivity contribution in [3.05, 3.63) is 0 Å². The normalized spacial score (nSPS) is 31.8. The van der Waals surface area contributed by atoms with Crippen LogP contribution >= 0.6 is 0 Å². The van der Waals surface area contributed by atoms with E-state index >= 15 is 0 Å². The Morgan fingerprint density at radius 3 is 1.85 bits per heavy atom. The number of nitrogens with one attached hydrogen (secondary N) is 1. The number of rotatable bonds is 3. The van der Waals surface area contributed by atoms with Crippen molar-refractivity contribution < 1.29 is 0 Å². The molecule has 0 radical (unpaired) electrons. The molecular weight excluding hydrogens is 242 g/mol. The molecule has 0 saturated heterocycles. The summed E-state index contributed by atoms with van der Waals surface area (Å²) in [6, 6.07) is 1.54. The molecule has 118 valence electrons. The molecule has 0 aromatic rings. The summed E-state index contributed by atoms with van der Waals surface area (Å²) < 4.78 is 0. The molecule has 2 fully saturated rings. The summed E-state index contributed by atoms with van der Waals surface area (Å²) in [5.74, 6) is 1.88. The molecule has 2 aliphatic carbocycles. The van der Waals surface area contributed by atoms with E-state index in [2.05, 4.69) is 33.0 Å². The van der Waals surface area contributed by atoms with Crippen molar-refractivity contribution >= 4 is 0 Å². The summed E-state index contributed by atoms with van der Waals surface area (Å²) in [4.78, 5) is 0. The van der Waals surface area contributed by atoms with E-state index in [1.165, 1.54) is 64.2 Å². The minimum absolute atomic E-state index is 0.512. The largest absolute Gasteiger partial charge is 0.311 e. The lowest BCUT2D eigenvalue weighted by Gasteiger charge is -2.39. The van der Waals surface area contributed by atoms with Crippen LogP contribution < -0.4 is 5.32 Å². The molecule has 1 N–H and O–H groups in total. The second-order valence-electron chi connectivity index (χ2n) is 8.62. The van der Waals surface area contributed by atoms with Gasteiger partial charge in [-0.2, -0.15) is 0 Å².